The minimum Gasteiger partial charge on any atom is -0.399 e. The number of rotatable bonds is 5. The molecule has 2 aromatic carbocycles. The SMILES string of the molecule is Cc1nn(Cc2c(Cl)cccc2Cl)c(C)c1/C=N\NC(=O)c1ccc(N)cc1. The Morgan fingerprint density at radius 2 is 1.82 bits per heavy atom. The number of amides is 1. The average molecular weight is 416 g/mol. The predicted octanol–water partition coefficient (Wildman–Crippen LogP) is 4.20. The maximum Gasteiger partial charge on any atom is 0.271 e. The van der Waals surface area contributed by atoms with Crippen LogP contribution in [0.5, 0.6) is 0 Å². The Labute approximate surface area is 173 Å². The van der Waals surface area contributed by atoms with E-state index < -0.39 is 0 Å². The Hall–Kier alpha value is -2.83. The van der Waals surface area contributed by atoms with Crippen LogP contribution < -0.4 is 11.2 Å². The lowest BCUT2D eigenvalue weighted by atomic mass is 10.2. The van der Waals surface area contributed by atoms with Gasteiger partial charge in [-0.15, -0.1) is 0 Å². The molecule has 0 radical (unpaired) electrons. The van der Waals surface area contributed by atoms with Crippen molar-refractivity contribution in [2.24, 2.45) is 5.10 Å². The number of nitrogens with zero attached hydrogens (tertiary/aromatic N) is 3. The van der Waals surface area contributed by atoms with Crippen molar-refractivity contribution in [2.45, 2.75) is 20.4 Å². The smallest absolute Gasteiger partial charge is 0.271 e. The van der Waals surface area contributed by atoms with Gasteiger partial charge in [-0.3, -0.25) is 9.48 Å². The molecule has 0 aliphatic heterocycles. The van der Waals surface area contributed by atoms with E-state index in [0.717, 1.165) is 22.5 Å². The second-order valence-corrected chi connectivity index (χ2v) is 7.08. The number of hydrogen-bond donors (Lipinski definition) is 2. The van der Waals surface area contributed by atoms with Gasteiger partial charge in [-0.25, -0.2) is 5.43 Å². The fraction of sp³-hybridized carbons (Fsp3) is 0.150. The molecule has 144 valence electrons. The molecule has 8 heteroatoms. The Morgan fingerprint density at radius 1 is 1.18 bits per heavy atom. The third-order valence-electron chi connectivity index (χ3n) is 4.34. The van der Waals surface area contributed by atoms with Crippen LogP contribution in [0.4, 0.5) is 5.69 Å². The van der Waals surface area contributed by atoms with E-state index in [1.165, 1.54) is 0 Å². The van der Waals surface area contributed by atoms with Gasteiger partial charge in [0.25, 0.3) is 5.91 Å². The van der Waals surface area contributed by atoms with Gasteiger partial charge in [0.2, 0.25) is 0 Å². The fourth-order valence-electron chi connectivity index (χ4n) is 2.74. The van der Waals surface area contributed by atoms with Gasteiger partial charge < -0.3 is 5.73 Å². The molecular weight excluding hydrogens is 397 g/mol. The predicted molar refractivity (Wildman–Crippen MR) is 113 cm³/mol. The van der Waals surface area contributed by atoms with E-state index in [1.807, 2.05) is 18.5 Å². The molecule has 28 heavy (non-hydrogen) atoms. The molecule has 0 spiro atoms. The molecule has 0 bridgehead atoms. The van der Waals surface area contributed by atoms with E-state index in [-0.39, 0.29) is 5.91 Å². The maximum absolute atomic E-state index is 12.1. The van der Waals surface area contributed by atoms with E-state index >= 15 is 0 Å². The van der Waals surface area contributed by atoms with Crippen molar-refractivity contribution in [3.05, 3.63) is 80.6 Å². The summed E-state index contributed by atoms with van der Waals surface area (Å²) in [6.07, 6.45) is 1.58. The lowest BCUT2D eigenvalue weighted by Crippen LogP contribution is -2.17. The normalized spacial score (nSPS) is 11.1. The van der Waals surface area contributed by atoms with Gasteiger partial charge in [-0.05, 0) is 50.2 Å². The molecule has 1 amide bonds. The highest BCUT2D eigenvalue weighted by Gasteiger charge is 2.13. The van der Waals surface area contributed by atoms with Gasteiger partial charge in [-0.2, -0.15) is 10.2 Å². The van der Waals surface area contributed by atoms with Crippen LogP contribution >= 0.6 is 23.2 Å². The Bertz CT molecular complexity index is 1020. The number of nitrogen functional groups attached to an aromatic ring is 1. The number of nitrogens with two attached hydrogens (primary N) is 1. The summed E-state index contributed by atoms with van der Waals surface area (Å²) in [5.74, 6) is -0.318. The van der Waals surface area contributed by atoms with Crippen LogP contribution in [0.3, 0.4) is 0 Å². The van der Waals surface area contributed by atoms with Gasteiger partial charge >= 0.3 is 0 Å². The molecule has 3 N–H and O–H groups in total. The van der Waals surface area contributed by atoms with Gasteiger partial charge in [0.05, 0.1) is 18.5 Å². The molecule has 1 heterocycles. The molecule has 0 fully saturated rings. The average Bonchev–Trinajstić information content (AvgIpc) is 2.92. The molecule has 1 aromatic heterocycles. The molecule has 3 aromatic rings. The van der Waals surface area contributed by atoms with Crippen molar-refractivity contribution in [1.82, 2.24) is 15.2 Å². The lowest BCUT2D eigenvalue weighted by molar-refractivity contribution is 0.0955. The van der Waals surface area contributed by atoms with Gasteiger partial charge in [0, 0.05) is 38.1 Å². The minimum absolute atomic E-state index is 0.318. The van der Waals surface area contributed by atoms with Crippen LogP contribution in [-0.4, -0.2) is 21.9 Å². The second-order valence-electron chi connectivity index (χ2n) is 6.26. The first-order valence-electron chi connectivity index (χ1n) is 8.52. The van der Waals surface area contributed by atoms with Crippen LogP contribution in [0.2, 0.25) is 10.0 Å². The van der Waals surface area contributed by atoms with Crippen LogP contribution in [-0.2, 0) is 6.54 Å². The summed E-state index contributed by atoms with van der Waals surface area (Å²) in [7, 11) is 0. The molecular formula is C20H19Cl2N5O. The highest BCUT2D eigenvalue weighted by molar-refractivity contribution is 6.35. The first-order valence-corrected chi connectivity index (χ1v) is 9.28. The standard InChI is InChI=1S/C20H19Cl2N5O/c1-12-16(10-24-25-20(28)14-6-8-15(23)9-7-14)13(2)27(26-12)11-17-18(21)4-3-5-19(17)22/h3-10H,11,23H2,1-2H3,(H,25,28)/b24-10-. The van der Waals surface area contributed by atoms with Crippen LogP contribution in [0.15, 0.2) is 47.6 Å². The summed E-state index contributed by atoms with van der Waals surface area (Å²) >= 11 is 12.5. The largest absolute Gasteiger partial charge is 0.399 e. The van der Waals surface area contributed by atoms with Crippen molar-refractivity contribution in [3.63, 3.8) is 0 Å². The molecule has 0 aliphatic carbocycles. The van der Waals surface area contributed by atoms with Gasteiger partial charge in [0.15, 0.2) is 0 Å². The third kappa shape index (κ3) is 4.35. The number of aromatic nitrogens is 2. The molecule has 0 aliphatic rings. The zero-order chi connectivity index (χ0) is 20.3. The van der Waals surface area contributed by atoms with E-state index in [2.05, 4.69) is 15.6 Å². The first-order chi connectivity index (χ1) is 13.4. The molecule has 6 nitrogen and oxygen atoms in total. The monoisotopic (exact) mass is 415 g/mol. The number of carbonyl (C=O) groups is 1. The number of halogens is 2. The summed E-state index contributed by atoms with van der Waals surface area (Å²) in [5.41, 5.74) is 12.5. The van der Waals surface area contributed by atoms with Crippen LogP contribution in [0.1, 0.15) is 32.9 Å². The molecule has 0 unspecified atom stereocenters. The molecule has 0 saturated heterocycles. The van der Waals surface area contributed by atoms with Crippen molar-refractivity contribution in [2.75, 3.05) is 5.73 Å². The number of aryl methyl sites for hydroxylation is 1. The van der Waals surface area contributed by atoms with E-state index in [1.54, 1.807) is 48.7 Å². The maximum atomic E-state index is 12.1. The second kappa shape index (κ2) is 8.46. The quantitative estimate of drug-likeness (QED) is 0.371. The number of benzene rings is 2. The minimum atomic E-state index is -0.318. The Kier molecular flexibility index (Phi) is 6.02. The first kappa shape index (κ1) is 19.9. The Morgan fingerprint density at radius 3 is 2.46 bits per heavy atom. The molecule has 3 rings (SSSR count). The number of nitrogens with one attached hydrogen (secondary N) is 1. The van der Waals surface area contributed by atoms with E-state index in [0.29, 0.717) is 27.8 Å². The fourth-order valence-corrected chi connectivity index (χ4v) is 3.26. The zero-order valence-corrected chi connectivity index (χ0v) is 16.9. The highest BCUT2D eigenvalue weighted by Crippen LogP contribution is 2.26. The van der Waals surface area contributed by atoms with E-state index in [4.69, 9.17) is 28.9 Å². The third-order valence-corrected chi connectivity index (χ3v) is 5.05. The number of hydrazone groups is 1. The molecule has 0 atom stereocenters. The summed E-state index contributed by atoms with van der Waals surface area (Å²) in [4.78, 5) is 12.1. The van der Waals surface area contributed by atoms with Gasteiger partial charge in [-0.1, -0.05) is 29.3 Å². The lowest BCUT2D eigenvalue weighted by Gasteiger charge is -2.08. The zero-order valence-electron chi connectivity index (χ0n) is 15.4. The van der Waals surface area contributed by atoms with Crippen molar-refractivity contribution in [3.8, 4) is 0 Å². The van der Waals surface area contributed by atoms with Crippen molar-refractivity contribution < 1.29 is 4.79 Å². The summed E-state index contributed by atoms with van der Waals surface area (Å²) in [6, 6.07) is 12.0. The summed E-state index contributed by atoms with van der Waals surface area (Å²) in [6.45, 7) is 4.24. The highest BCUT2D eigenvalue weighted by atomic mass is 35.5. The molecule has 0 saturated carbocycles. The van der Waals surface area contributed by atoms with Crippen LogP contribution in [0, 0.1) is 13.8 Å². The Balaban J connectivity index is 1.75. The summed E-state index contributed by atoms with van der Waals surface area (Å²) < 4.78 is 1.81. The van der Waals surface area contributed by atoms with Gasteiger partial charge in [0.1, 0.15) is 0 Å². The van der Waals surface area contributed by atoms with Crippen LogP contribution in [0.25, 0.3) is 0 Å². The van der Waals surface area contributed by atoms with E-state index in [9.17, 15) is 4.79 Å². The topological polar surface area (TPSA) is 85.3 Å². The number of carbonyl (C=O) groups excluding carboxylic acids is 1. The summed E-state index contributed by atoms with van der Waals surface area (Å²) in [5, 5.41) is 9.77. The number of anilines is 1. The van der Waals surface area contributed by atoms with Crippen molar-refractivity contribution >= 4 is 41.0 Å². The number of hydrogen-bond acceptors (Lipinski definition) is 4. The van der Waals surface area contributed by atoms with Crippen molar-refractivity contribution in [1.29, 1.82) is 0 Å².